The molecule has 0 radical (unpaired) electrons. The molecule has 2 heteroatoms. The molecule has 0 saturated carbocycles. The van der Waals surface area contributed by atoms with E-state index in [-0.39, 0.29) is 0 Å². The van der Waals surface area contributed by atoms with Gasteiger partial charge >= 0.3 is 0 Å². The van der Waals surface area contributed by atoms with Crippen LogP contribution in [0.1, 0.15) is 33.4 Å². The first-order valence-electron chi connectivity index (χ1n) is 9.41. The van der Waals surface area contributed by atoms with Gasteiger partial charge in [0.05, 0.1) is 18.5 Å². The van der Waals surface area contributed by atoms with Crippen molar-refractivity contribution in [2.45, 2.75) is 41.5 Å². The fourth-order valence-electron chi connectivity index (χ4n) is 4.17. The highest BCUT2D eigenvalue weighted by Gasteiger charge is 2.21. The summed E-state index contributed by atoms with van der Waals surface area (Å²) in [6.07, 6.45) is 0. The van der Waals surface area contributed by atoms with Crippen LogP contribution in [-0.2, 0) is 0 Å². The second kappa shape index (κ2) is 7.48. The van der Waals surface area contributed by atoms with Gasteiger partial charge in [-0.2, -0.15) is 0 Å². The zero-order valence-corrected chi connectivity index (χ0v) is 17.5. The molecule has 3 aromatic carbocycles. The third-order valence-corrected chi connectivity index (χ3v) is 5.03. The van der Waals surface area contributed by atoms with Crippen molar-refractivity contribution in [2.24, 2.45) is 0 Å². The van der Waals surface area contributed by atoms with Gasteiger partial charge in [0.1, 0.15) is 5.75 Å². The van der Waals surface area contributed by atoms with Crippen LogP contribution in [0.4, 0.5) is 17.1 Å². The van der Waals surface area contributed by atoms with Gasteiger partial charge in [0.25, 0.3) is 0 Å². The van der Waals surface area contributed by atoms with Gasteiger partial charge in [-0.05, 0) is 75.9 Å². The second-order valence-corrected chi connectivity index (χ2v) is 7.53. The van der Waals surface area contributed by atoms with Gasteiger partial charge in [0.2, 0.25) is 0 Å². The average Bonchev–Trinajstić information content (AvgIpc) is 2.58. The Morgan fingerprint density at radius 3 is 1.48 bits per heavy atom. The van der Waals surface area contributed by atoms with E-state index in [1.807, 2.05) is 6.07 Å². The Morgan fingerprint density at radius 2 is 1.07 bits per heavy atom. The van der Waals surface area contributed by atoms with Crippen molar-refractivity contribution in [1.29, 1.82) is 0 Å². The lowest BCUT2D eigenvalue weighted by atomic mass is 9.99. The highest BCUT2D eigenvalue weighted by molar-refractivity contribution is 5.84. The zero-order chi connectivity index (χ0) is 19.7. The number of hydrogen-bond acceptors (Lipinski definition) is 2. The van der Waals surface area contributed by atoms with Crippen LogP contribution in [0.2, 0.25) is 0 Å². The third-order valence-electron chi connectivity index (χ3n) is 5.03. The number of hydrogen-bond donors (Lipinski definition) is 0. The van der Waals surface area contributed by atoms with Crippen LogP contribution < -0.4 is 9.64 Å². The number of ether oxygens (including phenoxy) is 1. The fourth-order valence-corrected chi connectivity index (χ4v) is 4.17. The van der Waals surface area contributed by atoms with E-state index in [0.29, 0.717) is 0 Å². The van der Waals surface area contributed by atoms with Crippen LogP contribution >= 0.6 is 0 Å². The second-order valence-electron chi connectivity index (χ2n) is 7.53. The summed E-state index contributed by atoms with van der Waals surface area (Å²) in [4.78, 5) is 2.39. The highest BCUT2D eigenvalue weighted by Crippen LogP contribution is 2.43. The maximum absolute atomic E-state index is 5.51. The van der Waals surface area contributed by atoms with Crippen LogP contribution in [0.3, 0.4) is 0 Å². The number of benzene rings is 3. The summed E-state index contributed by atoms with van der Waals surface area (Å²) >= 11 is 0. The van der Waals surface area contributed by atoms with Crippen LogP contribution in [0.5, 0.6) is 5.75 Å². The molecule has 0 aliphatic carbocycles. The fraction of sp³-hybridized carbons (Fsp3) is 0.280. The molecule has 0 saturated heterocycles. The summed E-state index contributed by atoms with van der Waals surface area (Å²) in [6, 6.07) is 17.3. The van der Waals surface area contributed by atoms with Crippen LogP contribution in [0.15, 0.2) is 48.5 Å². The molecule has 140 valence electrons. The minimum absolute atomic E-state index is 0.863. The summed E-state index contributed by atoms with van der Waals surface area (Å²) in [7, 11) is 1.72. The summed E-state index contributed by atoms with van der Waals surface area (Å²) in [5, 5.41) is 0. The highest BCUT2D eigenvalue weighted by atomic mass is 16.5. The molecule has 2 nitrogen and oxygen atoms in total. The summed E-state index contributed by atoms with van der Waals surface area (Å²) in [5.74, 6) is 0.863. The first kappa shape index (κ1) is 19.0. The van der Waals surface area contributed by atoms with E-state index in [1.54, 1.807) is 7.11 Å². The third kappa shape index (κ3) is 3.71. The van der Waals surface area contributed by atoms with Gasteiger partial charge in [-0.25, -0.2) is 0 Å². The molecular formula is C25H29NO. The Balaban J connectivity index is 2.35. The molecule has 0 aliphatic rings. The lowest BCUT2D eigenvalue weighted by molar-refractivity contribution is 0.415. The first-order valence-corrected chi connectivity index (χ1v) is 9.41. The molecule has 0 N–H and O–H groups in total. The number of aryl methyl sites for hydroxylation is 6. The molecule has 3 rings (SSSR count). The topological polar surface area (TPSA) is 12.5 Å². The van der Waals surface area contributed by atoms with E-state index in [9.17, 15) is 0 Å². The van der Waals surface area contributed by atoms with Gasteiger partial charge in [0.15, 0.2) is 0 Å². The van der Waals surface area contributed by atoms with Crippen molar-refractivity contribution in [3.05, 3.63) is 81.9 Å². The Kier molecular flexibility index (Phi) is 5.27. The van der Waals surface area contributed by atoms with E-state index in [2.05, 4.69) is 88.9 Å². The molecular weight excluding hydrogens is 330 g/mol. The van der Waals surface area contributed by atoms with E-state index < -0.39 is 0 Å². The Bertz CT molecular complexity index is 884. The predicted molar refractivity (Wildman–Crippen MR) is 116 cm³/mol. The van der Waals surface area contributed by atoms with Crippen molar-refractivity contribution in [3.63, 3.8) is 0 Å². The molecule has 0 spiro atoms. The van der Waals surface area contributed by atoms with E-state index in [4.69, 9.17) is 4.74 Å². The van der Waals surface area contributed by atoms with Gasteiger partial charge in [-0.1, -0.05) is 41.5 Å². The van der Waals surface area contributed by atoms with Crippen molar-refractivity contribution in [1.82, 2.24) is 0 Å². The van der Waals surface area contributed by atoms with Gasteiger partial charge < -0.3 is 9.64 Å². The maximum atomic E-state index is 5.51. The Labute approximate surface area is 163 Å². The van der Waals surface area contributed by atoms with Crippen molar-refractivity contribution in [3.8, 4) is 5.75 Å². The largest absolute Gasteiger partial charge is 0.497 e. The van der Waals surface area contributed by atoms with Gasteiger partial charge in [-0.15, -0.1) is 0 Å². The van der Waals surface area contributed by atoms with E-state index in [1.165, 1.54) is 44.8 Å². The lowest BCUT2D eigenvalue weighted by Crippen LogP contribution is -2.16. The zero-order valence-electron chi connectivity index (χ0n) is 17.5. The van der Waals surface area contributed by atoms with Crippen LogP contribution in [0.25, 0.3) is 0 Å². The Hall–Kier alpha value is -2.74. The number of rotatable bonds is 4. The predicted octanol–water partition coefficient (Wildman–Crippen LogP) is 7.02. The molecule has 0 atom stereocenters. The molecule has 0 fully saturated rings. The quantitative estimate of drug-likeness (QED) is 0.496. The molecule has 0 amide bonds. The number of nitrogens with zero attached hydrogens (tertiary/aromatic N) is 1. The van der Waals surface area contributed by atoms with Gasteiger partial charge in [0, 0.05) is 11.8 Å². The molecule has 0 unspecified atom stereocenters. The van der Waals surface area contributed by atoms with Crippen molar-refractivity contribution in [2.75, 3.05) is 12.0 Å². The van der Waals surface area contributed by atoms with Crippen LogP contribution in [0, 0.1) is 41.5 Å². The van der Waals surface area contributed by atoms with Crippen LogP contribution in [-0.4, -0.2) is 7.11 Å². The molecule has 0 heterocycles. The normalized spacial score (nSPS) is 10.8. The minimum atomic E-state index is 0.863. The molecule has 0 aliphatic heterocycles. The first-order chi connectivity index (χ1) is 12.8. The van der Waals surface area contributed by atoms with E-state index in [0.717, 1.165) is 11.4 Å². The lowest BCUT2D eigenvalue weighted by Gasteiger charge is -2.32. The Morgan fingerprint density at radius 1 is 0.630 bits per heavy atom. The summed E-state index contributed by atoms with van der Waals surface area (Å²) in [5.41, 5.74) is 11.3. The monoisotopic (exact) mass is 359 g/mol. The number of methoxy groups -OCH3 is 1. The molecule has 3 aromatic rings. The SMILES string of the molecule is COc1cccc(N(c2c(C)cc(C)cc2C)c2c(C)cc(C)cc2C)c1. The summed E-state index contributed by atoms with van der Waals surface area (Å²) < 4.78 is 5.51. The van der Waals surface area contributed by atoms with E-state index >= 15 is 0 Å². The molecule has 27 heavy (non-hydrogen) atoms. The van der Waals surface area contributed by atoms with Crippen molar-refractivity contribution >= 4 is 17.1 Å². The standard InChI is InChI=1S/C25H29NO/c1-16-11-18(3)24(19(4)12-16)26(22-9-8-10-23(15-22)27-7)25-20(5)13-17(2)14-21(25)6/h8-15H,1-7H3. The average molecular weight is 360 g/mol. The molecule has 0 bridgehead atoms. The van der Waals surface area contributed by atoms with Crippen molar-refractivity contribution < 1.29 is 4.74 Å². The minimum Gasteiger partial charge on any atom is -0.497 e. The number of anilines is 3. The maximum Gasteiger partial charge on any atom is 0.120 e. The smallest absolute Gasteiger partial charge is 0.120 e. The molecule has 0 aromatic heterocycles. The van der Waals surface area contributed by atoms with Gasteiger partial charge in [-0.3, -0.25) is 0 Å². The summed E-state index contributed by atoms with van der Waals surface area (Å²) in [6.45, 7) is 13.1.